The molecule has 1 heterocycles. The Kier molecular flexibility index (Phi) is 6.29. The molecule has 0 unspecified atom stereocenters. The van der Waals surface area contributed by atoms with Gasteiger partial charge in [-0.1, -0.05) is 68.2 Å². The van der Waals surface area contributed by atoms with Crippen LogP contribution in [0.25, 0.3) is 5.69 Å². The number of nitrogens with zero attached hydrogens (tertiary/aromatic N) is 4. The van der Waals surface area contributed by atoms with Crippen molar-refractivity contribution in [2.75, 3.05) is 12.1 Å². The van der Waals surface area contributed by atoms with Gasteiger partial charge >= 0.3 is 0 Å². The molecule has 3 rings (SSSR count). The number of hydrogen-bond acceptors (Lipinski definition) is 4. The highest BCUT2D eigenvalue weighted by Crippen LogP contribution is 2.23. The zero-order valence-corrected chi connectivity index (χ0v) is 18.5. The molecule has 0 fully saturated rings. The minimum atomic E-state index is -0.583. The van der Waals surface area contributed by atoms with E-state index in [4.69, 9.17) is 23.2 Å². The Balaban J connectivity index is 1.85. The summed E-state index contributed by atoms with van der Waals surface area (Å²) >= 11 is 12.1. The molecule has 3 aromatic rings. The van der Waals surface area contributed by atoms with E-state index in [0.29, 0.717) is 11.4 Å². The van der Waals surface area contributed by atoms with Crippen molar-refractivity contribution in [2.45, 2.75) is 26.2 Å². The zero-order chi connectivity index (χ0) is 22.1. The molecule has 5 nitrogen and oxygen atoms in total. The minimum absolute atomic E-state index is 0.0619. The predicted octanol–water partition coefficient (Wildman–Crippen LogP) is 5.45. The lowest BCUT2D eigenvalue weighted by Crippen LogP contribution is -2.24. The molecule has 0 aliphatic carbocycles. The van der Waals surface area contributed by atoms with Crippen molar-refractivity contribution >= 4 is 35.1 Å². The van der Waals surface area contributed by atoms with E-state index in [2.05, 4.69) is 43.1 Å². The van der Waals surface area contributed by atoms with Crippen LogP contribution in [0, 0.1) is 5.82 Å². The van der Waals surface area contributed by atoms with Crippen molar-refractivity contribution < 1.29 is 4.39 Å². The number of anilines is 1. The lowest BCUT2D eigenvalue weighted by molar-refractivity contribution is 0.590. The van der Waals surface area contributed by atoms with E-state index >= 15 is 0 Å². The highest BCUT2D eigenvalue weighted by Gasteiger charge is 2.15. The van der Waals surface area contributed by atoms with Gasteiger partial charge in [-0.15, -0.1) is 0 Å². The molecule has 0 N–H and O–H groups in total. The molecule has 0 saturated carbocycles. The van der Waals surface area contributed by atoms with Crippen LogP contribution in [0.15, 0.2) is 58.6 Å². The second-order valence-corrected chi connectivity index (χ2v) is 8.58. The van der Waals surface area contributed by atoms with Gasteiger partial charge < -0.3 is 0 Å². The van der Waals surface area contributed by atoms with Crippen LogP contribution in [0.4, 0.5) is 10.1 Å². The summed E-state index contributed by atoms with van der Waals surface area (Å²) in [7, 11) is 1.67. The minimum Gasteiger partial charge on any atom is -0.266 e. The van der Waals surface area contributed by atoms with Gasteiger partial charge in [0.1, 0.15) is 16.5 Å². The van der Waals surface area contributed by atoms with Gasteiger partial charge in [0.05, 0.1) is 23.1 Å². The third-order valence-corrected chi connectivity index (χ3v) is 5.20. The van der Waals surface area contributed by atoms with Gasteiger partial charge in [-0.25, -0.2) is 4.39 Å². The number of rotatable bonds is 4. The summed E-state index contributed by atoms with van der Waals surface area (Å²) in [5, 5.41) is 9.77. The molecule has 0 radical (unpaired) electrons. The first-order valence-electron chi connectivity index (χ1n) is 9.19. The van der Waals surface area contributed by atoms with Crippen LogP contribution in [0.1, 0.15) is 31.9 Å². The lowest BCUT2D eigenvalue weighted by Gasteiger charge is -2.19. The fraction of sp³-hybridized carbons (Fsp3) is 0.227. The van der Waals surface area contributed by atoms with E-state index in [0.717, 1.165) is 16.3 Å². The van der Waals surface area contributed by atoms with Gasteiger partial charge in [0.15, 0.2) is 0 Å². The molecular formula is C22H21Cl2FN4O. The first kappa shape index (κ1) is 22.0. The van der Waals surface area contributed by atoms with E-state index in [-0.39, 0.29) is 15.5 Å². The molecule has 8 heteroatoms. The van der Waals surface area contributed by atoms with E-state index in [1.165, 1.54) is 28.9 Å². The average Bonchev–Trinajstić information content (AvgIpc) is 2.70. The monoisotopic (exact) mass is 446 g/mol. The molecule has 2 aromatic carbocycles. The average molecular weight is 447 g/mol. The van der Waals surface area contributed by atoms with E-state index in [1.807, 2.05) is 12.1 Å². The second kappa shape index (κ2) is 8.58. The maximum absolute atomic E-state index is 13.4. The SMILES string of the molecule is CN(/N=C\c1ccc(C(C)(C)C)cc1)c1cnn(-c2ccc(F)c(Cl)c2)c(=O)c1Cl. The summed E-state index contributed by atoms with van der Waals surface area (Å²) in [5.74, 6) is -0.583. The van der Waals surface area contributed by atoms with Crippen molar-refractivity contribution in [3.63, 3.8) is 0 Å². The number of hydrazone groups is 1. The zero-order valence-electron chi connectivity index (χ0n) is 17.0. The Morgan fingerprint density at radius 3 is 2.40 bits per heavy atom. The van der Waals surface area contributed by atoms with Gasteiger partial charge in [-0.3, -0.25) is 9.80 Å². The number of hydrogen-bond donors (Lipinski definition) is 0. The fourth-order valence-corrected chi connectivity index (χ4v) is 3.16. The fourth-order valence-electron chi connectivity index (χ4n) is 2.74. The lowest BCUT2D eigenvalue weighted by atomic mass is 9.87. The van der Waals surface area contributed by atoms with Gasteiger partial charge in [-0.2, -0.15) is 14.9 Å². The van der Waals surface area contributed by atoms with Crippen LogP contribution in [0.2, 0.25) is 10.0 Å². The smallest absolute Gasteiger partial charge is 0.266 e. The molecule has 156 valence electrons. The summed E-state index contributed by atoms with van der Waals surface area (Å²) in [6.07, 6.45) is 3.09. The third-order valence-electron chi connectivity index (χ3n) is 4.55. The largest absolute Gasteiger partial charge is 0.292 e. The normalized spacial score (nSPS) is 11.8. The molecule has 0 bridgehead atoms. The van der Waals surface area contributed by atoms with Gasteiger partial charge in [0, 0.05) is 7.05 Å². The summed E-state index contributed by atoms with van der Waals surface area (Å²) in [5.41, 5.74) is 2.30. The van der Waals surface area contributed by atoms with Crippen molar-refractivity contribution in [3.05, 3.63) is 86.0 Å². The Morgan fingerprint density at radius 1 is 1.13 bits per heavy atom. The predicted molar refractivity (Wildman–Crippen MR) is 121 cm³/mol. The Bertz CT molecular complexity index is 1150. The maximum atomic E-state index is 13.4. The van der Waals surface area contributed by atoms with Gasteiger partial charge in [0.2, 0.25) is 0 Å². The number of halogens is 3. The van der Waals surface area contributed by atoms with E-state index in [9.17, 15) is 9.18 Å². The van der Waals surface area contributed by atoms with Crippen LogP contribution in [0.3, 0.4) is 0 Å². The van der Waals surface area contributed by atoms with Crippen LogP contribution in [-0.4, -0.2) is 23.0 Å². The molecule has 0 atom stereocenters. The van der Waals surface area contributed by atoms with Crippen molar-refractivity contribution in [3.8, 4) is 5.69 Å². The standard InChI is InChI=1S/C22H21Cl2FN4O/c1-22(2,3)15-7-5-14(6-8-15)12-26-28(4)19-13-27-29(21(30)20(19)24)16-9-10-18(25)17(23)11-16/h5-13H,1-4H3/b26-12-. The first-order valence-corrected chi connectivity index (χ1v) is 9.95. The van der Waals surface area contributed by atoms with Crippen LogP contribution in [-0.2, 0) is 5.41 Å². The quantitative estimate of drug-likeness (QED) is 0.395. The van der Waals surface area contributed by atoms with Crippen molar-refractivity contribution in [1.29, 1.82) is 0 Å². The summed E-state index contributed by atoms with van der Waals surface area (Å²) in [4.78, 5) is 12.6. The van der Waals surface area contributed by atoms with E-state index < -0.39 is 11.4 Å². The summed E-state index contributed by atoms with van der Waals surface area (Å²) < 4.78 is 14.4. The highest BCUT2D eigenvalue weighted by molar-refractivity contribution is 6.33. The first-order chi connectivity index (χ1) is 14.1. The molecule has 30 heavy (non-hydrogen) atoms. The Hall–Kier alpha value is -2.70. The number of aromatic nitrogens is 2. The van der Waals surface area contributed by atoms with Crippen LogP contribution < -0.4 is 10.6 Å². The second-order valence-electron chi connectivity index (χ2n) is 7.80. The molecule has 0 aliphatic rings. The number of benzene rings is 2. The molecule has 0 amide bonds. The molecule has 0 spiro atoms. The van der Waals surface area contributed by atoms with Crippen molar-refractivity contribution in [1.82, 2.24) is 9.78 Å². The van der Waals surface area contributed by atoms with Crippen molar-refractivity contribution in [2.24, 2.45) is 5.10 Å². The van der Waals surface area contributed by atoms with E-state index in [1.54, 1.807) is 13.3 Å². The topological polar surface area (TPSA) is 50.5 Å². The molecular weight excluding hydrogens is 426 g/mol. The Labute approximate surface area is 184 Å². The maximum Gasteiger partial charge on any atom is 0.292 e. The van der Waals surface area contributed by atoms with Gasteiger partial charge in [-0.05, 0) is 34.7 Å². The molecule has 0 aliphatic heterocycles. The highest BCUT2D eigenvalue weighted by atomic mass is 35.5. The van der Waals surface area contributed by atoms with Crippen LogP contribution >= 0.6 is 23.2 Å². The summed E-state index contributed by atoms with van der Waals surface area (Å²) in [6.45, 7) is 6.46. The third kappa shape index (κ3) is 4.71. The molecule has 0 saturated heterocycles. The summed E-state index contributed by atoms with van der Waals surface area (Å²) in [6, 6.07) is 12.0. The van der Waals surface area contributed by atoms with Gasteiger partial charge in [0.25, 0.3) is 5.56 Å². The van der Waals surface area contributed by atoms with Crippen LogP contribution in [0.5, 0.6) is 0 Å². The Morgan fingerprint density at radius 2 is 1.80 bits per heavy atom. The molecule has 1 aromatic heterocycles.